The molecule has 0 atom stereocenters. The first-order valence-electron chi connectivity index (χ1n) is 6.10. The molecule has 0 saturated carbocycles. The molecule has 19 heavy (non-hydrogen) atoms. The van der Waals surface area contributed by atoms with E-state index in [4.69, 9.17) is 0 Å². The van der Waals surface area contributed by atoms with Gasteiger partial charge < -0.3 is 0 Å². The topological polar surface area (TPSA) is 12.4 Å². The lowest BCUT2D eigenvalue weighted by Gasteiger charge is -1.99. The molecule has 0 aliphatic rings. The van der Waals surface area contributed by atoms with E-state index in [1.807, 2.05) is 30.5 Å². The van der Waals surface area contributed by atoms with E-state index in [1.165, 1.54) is 10.8 Å². The maximum Gasteiger partial charge on any atom is 0.0630 e. The SMILES string of the molecule is Brc1ccc(N=Cc2ccc3ccccc3c2)cc1. The molecular formula is C17H12BrN. The van der Waals surface area contributed by atoms with Crippen LogP contribution < -0.4 is 0 Å². The molecule has 0 aliphatic heterocycles. The summed E-state index contributed by atoms with van der Waals surface area (Å²) in [5, 5.41) is 2.49. The van der Waals surface area contributed by atoms with Crippen molar-refractivity contribution >= 4 is 38.6 Å². The predicted octanol–water partition coefficient (Wildman–Crippen LogP) is 5.35. The first-order chi connectivity index (χ1) is 9.31. The van der Waals surface area contributed by atoms with Crippen LogP contribution in [-0.2, 0) is 0 Å². The number of nitrogens with zero attached hydrogens (tertiary/aromatic N) is 1. The third-order valence-electron chi connectivity index (χ3n) is 2.96. The van der Waals surface area contributed by atoms with Crippen LogP contribution >= 0.6 is 15.9 Å². The zero-order valence-corrected chi connectivity index (χ0v) is 11.8. The summed E-state index contributed by atoms with van der Waals surface area (Å²) in [5.41, 5.74) is 2.07. The standard InChI is InChI=1S/C17H12BrN/c18-16-7-9-17(10-8-16)19-12-13-5-6-14-3-1-2-4-15(14)11-13/h1-12H. The fourth-order valence-electron chi connectivity index (χ4n) is 1.96. The van der Waals surface area contributed by atoms with Gasteiger partial charge in [-0.1, -0.05) is 52.3 Å². The third kappa shape index (κ3) is 2.91. The molecule has 0 heterocycles. The molecule has 3 aromatic carbocycles. The van der Waals surface area contributed by atoms with Crippen molar-refractivity contribution in [3.8, 4) is 0 Å². The Labute approximate surface area is 120 Å². The second-order valence-electron chi connectivity index (χ2n) is 4.34. The van der Waals surface area contributed by atoms with Gasteiger partial charge in [0.25, 0.3) is 0 Å². The van der Waals surface area contributed by atoms with Crippen LogP contribution in [0, 0.1) is 0 Å². The normalized spacial score (nSPS) is 11.2. The van der Waals surface area contributed by atoms with Crippen molar-refractivity contribution in [1.82, 2.24) is 0 Å². The van der Waals surface area contributed by atoms with Gasteiger partial charge >= 0.3 is 0 Å². The highest BCUT2D eigenvalue weighted by Gasteiger charge is 1.94. The number of halogens is 1. The summed E-state index contributed by atoms with van der Waals surface area (Å²) in [6, 6.07) is 22.7. The van der Waals surface area contributed by atoms with Gasteiger partial charge in [-0.3, -0.25) is 4.99 Å². The van der Waals surface area contributed by atoms with Gasteiger partial charge in [-0.05, 0) is 46.7 Å². The summed E-state index contributed by atoms with van der Waals surface area (Å²) in [6.45, 7) is 0. The van der Waals surface area contributed by atoms with E-state index in [1.54, 1.807) is 0 Å². The van der Waals surface area contributed by atoms with E-state index in [9.17, 15) is 0 Å². The highest BCUT2D eigenvalue weighted by atomic mass is 79.9. The molecule has 0 unspecified atom stereocenters. The van der Waals surface area contributed by atoms with Gasteiger partial charge in [-0.15, -0.1) is 0 Å². The maximum absolute atomic E-state index is 4.48. The Kier molecular flexibility index (Phi) is 3.43. The molecule has 0 N–H and O–H groups in total. The largest absolute Gasteiger partial charge is 0.256 e. The van der Waals surface area contributed by atoms with Gasteiger partial charge in [-0.2, -0.15) is 0 Å². The lowest BCUT2D eigenvalue weighted by molar-refractivity contribution is 1.51. The van der Waals surface area contributed by atoms with Gasteiger partial charge in [-0.25, -0.2) is 0 Å². The summed E-state index contributed by atoms with van der Waals surface area (Å²) < 4.78 is 1.07. The molecule has 1 nitrogen and oxygen atoms in total. The Hall–Kier alpha value is -1.93. The van der Waals surface area contributed by atoms with Crippen LogP contribution in [0.2, 0.25) is 0 Å². The first-order valence-corrected chi connectivity index (χ1v) is 6.89. The number of hydrogen-bond acceptors (Lipinski definition) is 1. The molecular weight excluding hydrogens is 298 g/mol. The Morgan fingerprint density at radius 3 is 2.32 bits per heavy atom. The van der Waals surface area contributed by atoms with Crippen LogP contribution in [0.3, 0.4) is 0 Å². The summed E-state index contributed by atoms with van der Waals surface area (Å²) >= 11 is 3.42. The van der Waals surface area contributed by atoms with Gasteiger partial charge in [0.2, 0.25) is 0 Å². The molecule has 0 aromatic heterocycles. The number of benzene rings is 3. The van der Waals surface area contributed by atoms with Gasteiger partial charge in [0.1, 0.15) is 0 Å². The average molecular weight is 310 g/mol. The van der Waals surface area contributed by atoms with Crippen LogP contribution in [0.15, 0.2) is 76.2 Å². The van der Waals surface area contributed by atoms with Gasteiger partial charge in [0.05, 0.1) is 5.69 Å². The zero-order chi connectivity index (χ0) is 13.1. The van der Waals surface area contributed by atoms with Crippen LogP contribution in [0.4, 0.5) is 5.69 Å². The number of fused-ring (bicyclic) bond motifs is 1. The van der Waals surface area contributed by atoms with Crippen molar-refractivity contribution in [3.05, 3.63) is 76.8 Å². The van der Waals surface area contributed by atoms with E-state index >= 15 is 0 Å². The molecule has 3 aromatic rings. The van der Waals surface area contributed by atoms with E-state index < -0.39 is 0 Å². The van der Waals surface area contributed by atoms with Crippen molar-refractivity contribution in [2.24, 2.45) is 4.99 Å². The molecule has 2 heteroatoms. The Morgan fingerprint density at radius 1 is 0.789 bits per heavy atom. The first kappa shape index (κ1) is 12.1. The van der Waals surface area contributed by atoms with Crippen molar-refractivity contribution in [1.29, 1.82) is 0 Å². The van der Waals surface area contributed by atoms with Gasteiger partial charge in [0.15, 0.2) is 0 Å². The zero-order valence-electron chi connectivity index (χ0n) is 10.3. The predicted molar refractivity (Wildman–Crippen MR) is 85.3 cm³/mol. The molecule has 92 valence electrons. The maximum atomic E-state index is 4.48. The number of rotatable bonds is 2. The average Bonchev–Trinajstić information content (AvgIpc) is 2.46. The Morgan fingerprint density at radius 2 is 1.53 bits per heavy atom. The van der Waals surface area contributed by atoms with Gasteiger partial charge in [0, 0.05) is 10.7 Å². The summed E-state index contributed by atoms with van der Waals surface area (Å²) in [6.07, 6.45) is 1.90. The van der Waals surface area contributed by atoms with E-state index in [0.717, 1.165) is 15.7 Å². The summed E-state index contributed by atoms with van der Waals surface area (Å²) in [4.78, 5) is 4.48. The van der Waals surface area contributed by atoms with Crippen LogP contribution in [0.5, 0.6) is 0 Å². The number of aliphatic imine (C=N–C) groups is 1. The van der Waals surface area contributed by atoms with Crippen molar-refractivity contribution in [3.63, 3.8) is 0 Å². The molecule has 0 spiro atoms. The molecule has 0 amide bonds. The smallest absolute Gasteiger partial charge is 0.0630 e. The lowest BCUT2D eigenvalue weighted by atomic mass is 10.1. The monoisotopic (exact) mass is 309 g/mol. The van der Waals surface area contributed by atoms with Crippen molar-refractivity contribution in [2.75, 3.05) is 0 Å². The molecule has 0 saturated heterocycles. The molecule has 0 bridgehead atoms. The van der Waals surface area contributed by atoms with Crippen molar-refractivity contribution in [2.45, 2.75) is 0 Å². The minimum atomic E-state index is 0.955. The highest BCUT2D eigenvalue weighted by molar-refractivity contribution is 9.10. The van der Waals surface area contributed by atoms with E-state index in [0.29, 0.717) is 0 Å². The van der Waals surface area contributed by atoms with Crippen LogP contribution in [0.1, 0.15) is 5.56 Å². The summed E-state index contributed by atoms with van der Waals surface area (Å²) in [7, 11) is 0. The quantitative estimate of drug-likeness (QED) is 0.566. The lowest BCUT2D eigenvalue weighted by Crippen LogP contribution is -1.81. The fraction of sp³-hybridized carbons (Fsp3) is 0. The van der Waals surface area contributed by atoms with E-state index in [2.05, 4.69) is 63.4 Å². The Balaban J connectivity index is 1.90. The van der Waals surface area contributed by atoms with E-state index in [-0.39, 0.29) is 0 Å². The second-order valence-corrected chi connectivity index (χ2v) is 5.26. The molecule has 0 fully saturated rings. The molecule has 0 aliphatic carbocycles. The third-order valence-corrected chi connectivity index (χ3v) is 3.49. The Bertz CT molecular complexity index is 730. The van der Waals surface area contributed by atoms with Crippen LogP contribution in [0.25, 0.3) is 10.8 Å². The molecule has 3 rings (SSSR count). The van der Waals surface area contributed by atoms with Crippen LogP contribution in [-0.4, -0.2) is 6.21 Å². The highest BCUT2D eigenvalue weighted by Crippen LogP contribution is 2.18. The minimum Gasteiger partial charge on any atom is -0.256 e. The van der Waals surface area contributed by atoms with Crippen molar-refractivity contribution < 1.29 is 0 Å². The second kappa shape index (κ2) is 5.37. The fourth-order valence-corrected chi connectivity index (χ4v) is 2.23. The minimum absolute atomic E-state index is 0.955. The molecule has 0 radical (unpaired) electrons. The summed E-state index contributed by atoms with van der Waals surface area (Å²) in [5.74, 6) is 0. The number of hydrogen-bond donors (Lipinski definition) is 0.